The Morgan fingerprint density at radius 3 is 2.74 bits per heavy atom. The van der Waals surface area contributed by atoms with Crippen molar-refractivity contribution in [2.75, 3.05) is 5.32 Å². The van der Waals surface area contributed by atoms with Gasteiger partial charge in [-0.3, -0.25) is 14.9 Å². The van der Waals surface area contributed by atoms with Gasteiger partial charge in [-0.1, -0.05) is 20.3 Å². The minimum absolute atomic E-state index is 0.0158. The Bertz CT molecular complexity index is 490. The molecule has 4 N–H and O–H groups in total. The number of nitro benzene ring substituents is 1. The second-order valence-corrected chi connectivity index (χ2v) is 4.36. The van der Waals surface area contributed by atoms with Crippen molar-refractivity contribution >= 4 is 17.3 Å². The van der Waals surface area contributed by atoms with Gasteiger partial charge in [0.2, 0.25) is 5.91 Å². The van der Waals surface area contributed by atoms with Crippen LogP contribution < -0.4 is 11.1 Å². The van der Waals surface area contributed by atoms with E-state index in [0.29, 0.717) is 0 Å². The van der Waals surface area contributed by atoms with Crippen LogP contribution >= 0.6 is 0 Å². The van der Waals surface area contributed by atoms with Crippen molar-refractivity contribution in [3.63, 3.8) is 0 Å². The predicted molar refractivity (Wildman–Crippen MR) is 70.8 cm³/mol. The molecule has 19 heavy (non-hydrogen) atoms. The molecule has 0 aliphatic heterocycles. The highest BCUT2D eigenvalue weighted by Crippen LogP contribution is 2.28. The molecule has 2 atom stereocenters. The topological polar surface area (TPSA) is 118 Å². The summed E-state index contributed by atoms with van der Waals surface area (Å²) in [7, 11) is 0. The zero-order valence-corrected chi connectivity index (χ0v) is 10.8. The summed E-state index contributed by atoms with van der Waals surface area (Å²) in [6.45, 7) is 3.74. The molecule has 0 aliphatic carbocycles. The maximum absolute atomic E-state index is 11.8. The molecule has 0 aliphatic rings. The largest absolute Gasteiger partial charge is 0.506 e. The van der Waals surface area contributed by atoms with Crippen molar-refractivity contribution < 1.29 is 14.8 Å². The lowest BCUT2D eigenvalue weighted by Crippen LogP contribution is -2.40. The first-order valence-corrected chi connectivity index (χ1v) is 5.90. The molecule has 0 bridgehead atoms. The molecule has 0 saturated carbocycles. The SMILES string of the molecule is CCC(C)[C@H](N)C(=O)Nc1cc([N+](=O)[O-])ccc1O. The van der Waals surface area contributed by atoms with Gasteiger partial charge in [-0.25, -0.2) is 0 Å². The van der Waals surface area contributed by atoms with Crippen LogP contribution in [0.4, 0.5) is 11.4 Å². The number of rotatable bonds is 5. The van der Waals surface area contributed by atoms with Crippen LogP contribution in [0.2, 0.25) is 0 Å². The van der Waals surface area contributed by atoms with E-state index < -0.39 is 16.9 Å². The first-order valence-electron chi connectivity index (χ1n) is 5.90. The maximum atomic E-state index is 11.8. The van der Waals surface area contributed by atoms with Crippen molar-refractivity contribution in [2.24, 2.45) is 11.7 Å². The van der Waals surface area contributed by atoms with Crippen LogP contribution in [0.1, 0.15) is 20.3 Å². The molecule has 7 heteroatoms. The zero-order chi connectivity index (χ0) is 14.6. The number of nitrogens with zero attached hydrogens (tertiary/aromatic N) is 1. The second kappa shape index (κ2) is 6.14. The molecule has 1 unspecified atom stereocenters. The molecule has 0 saturated heterocycles. The monoisotopic (exact) mass is 267 g/mol. The highest BCUT2D eigenvalue weighted by Gasteiger charge is 2.21. The van der Waals surface area contributed by atoms with Gasteiger partial charge in [0, 0.05) is 12.1 Å². The first kappa shape index (κ1) is 14.9. The van der Waals surface area contributed by atoms with Crippen molar-refractivity contribution in [1.82, 2.24) is 0 Å². The molecule has 0 radical (unpaired) electrons. The smallest absolute Gasteiger partial charge is 0.271 e. The molecule has 1 aromatic rings. The van der Waals surface area contributed by atoms with Crippen LogP contribution in [0, 0.1) is 16.0 Å². The summed E-state index contributed by atoms with van der Waals surface area (Å²) in [5.74, 6) is -0.749. The Morgan fingerprint density at radius 2 is 2.21 bits per heavy atom. The van der Waals surface area contributed by atoms with Crippen molar-refractivity contribution in [3.8, 4) is 5.75 Å². The van der Waals surface area contributed by atoms with Gasteiger partial charge in [-0.15, -0.1) is 0 Å². The highest BCUT2D eigenvalue weighted by atomic mass is 16.6. The number of non-ortho nitro benzene ring substituents is 1. The second-order valence-electron chi connectivity index (χ2n) is 4.36. The third-order valence-corrected chi connectivity index (χ3v) is 3.01. The Balaban J connectivity index is 2.90. The number of anilines is 1. The van der Waals surface area contributed by atoms with E-state index in [4.69, 9.17) is 5.73 Å². The Kier molecular flexibility index (Phi) is 4.82. The summed E-state index contributed by atoms with van der Waals surface area (Å²) in [4.78, 5) is 21.8. The van der Waals surface area contributed by atoms with Crippen LogP contribution in [-0.4, -0.2) is 22.0 Å². The fourth-order valence-electron chi connectivity index (χ4n) is 1.47. The number of phenolic OH excluding ortho intramolecular Hbond substituents is 1. The van der Waals surface area contributed by atoms with Crippen molar-refractivity contribution in [2.45, 2.75) is 26.3 Å². The van der Waals surface area contributed by atoms with E-state index in [1.54, 1.807) is 0 Å². The summed E-state index contributed by atoms with van der Waals surface area (Å²) in [5.41, 5.74) is 5.51. The van der Waals surface area contributed by atoms with Gasteiger partial charge in [0.15, 0.2) is 0 Å². The van der Waals surface area contributed by atoms with Crippen LogP contribution in [0.25, 0.3) is 0 Å². The van der Waals surface area contributed by atoms with E-state index in [1.165, 1.54) is 0 Å². The number of phenols is 1. The Morgan fingerprint density at radius 1 is 1.58 bits per heavy atom. The van der Waals surface area contributed by atoms with E-state index in [-0.39, 0.29) is 23.0 Å². The fourth-order valence-corrected chi connectivity index (χ4v) is 1.47. The van der Waals surface area contributed by atoms with Crippen LogP contribution in [0.3, 0.4) is 0 Å². The van der Waals surface area contributed by atoms with Crippen LogP contribution in [0.5, 0.6) is 5.75 Å². The normalized spacial score (nSPS) is 13.6. The molecular weight excluding hydrogens is 250 g/mol. The number of nitrogens with one attached hydrogen (secondary N) is 1. The van der Waals surface area contributed by atoms with E-state index in [9.17, 15) is 20.0 Å². The molecule has 7 nitrogen and oxygen atoms in total. The summed E-state index contributed by atoms with van der Waals surface area (Å²) in [6.07, 6.45) is 0.732. The van der Waals surface area contributed by atoms with Crippen LogP contribution in [-0.2, 0) is 4.79 Å². The number of amides is 1. The maximum Gasteiger partial charge on any atom is 0.271 e. The number of nitrogens with two attached hydrogens (primary N) is 1. The zero-order valence-electron chi connectivity index (χ0n) is 10.8. The fraction of sp³-hybridized carbons (Fsp3) is 0.417. The minimum Gasteiger partial charge on any atom is -0.506 e. The standard InChI is InChI=1S/C12H17N3O4/c1-3-7(2)11(13)12(17)14-9-6-8(15(18)19)4-5-10(9)16/h4-7,11,16H,3,13H2,1-2H3,(H,14,17)/t7?,11-/m0/s1. The number of carbonyl (C=O) groups is 1. The average molecular weight is 267 g/mol. The van der Waals surface area contributed by atoms with Gasteiger partial charge in [0.05, 0.1) is 16.7 Å². The molecule has 104 valence electrons. The van der Waals surface area contributed by atoms with Gasteiger partial charge in [-0.05, 0) is 12.0 Å². The number of aromatic hydroxyl groups is 1. The number of nitro groups is 1. The lowest BCUT2D eigenvalue weighted by atomic mass is 9.99. The summed E-state index contributed by atoms with van der Waals surface area (Å²) >= 11 is 0. The third-order valence-electron chi connectivity index (χ3n) is 3.01. The average Bonchev–Trinajstić information content (AvgIpc) is 2.38. The number of carbonyl (C=O) groups excluding carboxylic acids is 1. The van der Waals surface area contributed by atoms with Gasteiger partial charge in [0.1, 0.15) is 5.75 Å². The molecule has 0 spiro atoms. The van der Waals surface area contributed by atoms with E-state index in [0.717, 1.165) is 24.6 Å². The number of hydrogen-bond acceptors (Lipinski definition) is 5. The summed E-state index contributed by atoms with van der Waals surface area (Å²) in [5, 5.41) is 22.6. The molecule has 0 aromatic heterocycles. The van der Waals surface area contributed by atoms with Crippen molar-refractivity contribution in [1.29, 1.82) is 0 Å². The van der Waals surface area contributed by atoms with Gasteiger partial charge in [-0.2, -0.15) is 0 Å². The molecule has 0 fully saturated rings. The van der Waals surface area contributed by atoms with Crippen molar-refractivity contribution in [3.05, 3.63) is 28.3 Å². The van der Waals surface area contributed by atoms with Gasteiger partial charge >= 0.3 is 0 Å². The quantitative estimate of drug-likeness (QED) is 0.425. The Labute approximate surface area is 110 Å². The molecule has 1 rings (SSSR count). The summed E-state index contributed by atoms with van der Waals surface area (Å²) < 4.78 is 0. The minimum atomic E-state index is -0.733. The lowest BCUT2D eigenvalue weighted by Gasteiger charge is -2.18. The molecular formula is C12H17N3O4. The highest BCUT2D eigenvalue weighted by molar-refractivity contribution is 5.96. The predicted octanol–water partition coefficient (Wildman–Crippen LogP) is 1.61. The number of benzene rings is 1. The van der Waals surface area contributed by atoms with E-state index >= 15 is 0 Å². The van der Waals surface area contributed by atoms with E-state index in [2.05, 4.69) is 5.32 Å². The first-order chi connectivity index (χ1) is 8.86. The molecule has 1 amide bonds. The lowest BCUT2D eigenvalue weighted by molar-refractivity contribution is -0.384. The summed E-state index contributed by atoms with van der Waals surface area (Å²) in [6, 6.07) is 2.67. The molecule has 0 heterocycles. The van der Waals surface area contributed by atoms with Crippen LogP contribution in [0.15, 0.2) is 18.2 Å². The van der Waals surface area contributed by atoms with E-state index in [1.807, 2.05) is 13.8 Å². The van der Waals surface area contributed by atoms with Gasteiger partial charge in [0.25, 0.3) is 5.69 Å². The molecule has 1 aromatic carbocycles. The third kappa shape index (κ3) is 3.65. The Hall–Kier alpha value is -2.15. The number of hydrogen-bond donors (Lipinski definition) is 3. The van der Waals surface area contributed by atoms with Gasteiger partial charge < -0.3 is 16.2 Å².